The first-order valence-corrected chi connectivity index (χ1v) is 9.46. The quantitative estimate of drug-likeness (QED) is 0.764. The average Bonchev–Trinajstić information content (AvgIpc) is 3.26. The third-order valence-electron chi connectivity index (χ3n) is 3.84. The molecule has 3 aromatic heterocycles. The monoisotopic (exact) mass is 356 g/mol. The van der Waals surface area contributed by atoms with Crippen LogP contribution < -0.4 is 5.32 Å². The maximum atomic E-state index is 12.8. The molecular formula is C17H16N4OS2. The minimum Gasteiger partial charge on any atom is -0.322 e. The van der Waals surface area contributed by atoms with Gasteiger partial charge < -0.3 is 9.88 Å². The van der Waals surface area contributed by atoms with E-state index in [4.69, 9.17) is 0 Å². The van der Waals surface area contributed by atoms with Crippen molar-refractivity contribution >= 4 is 44.4 Å². The van der Waals surface area contributed by atoms with E-state index in [0.717, 1.165) is 39.5 Å². The summed E-state index contributed by atoms with van der Waals surface area (Å²) >= 11 is 3.02. The molecule has 0 fully saturated rings. The molecule has 1 amide bonds. The van der Waals surface area contributed by atoms with E-state index in [1.807, 2.05) is 36.0 Å². The number of hydrogen-bond acceptors (Lipinski definition) is 5. The van der Waals surface area contributed by atoms with Gasteiger partial charge in [-0.3, -0.25) is 9.79 Å². The van der Waals surface area contributed by atoms with E-state index in [9.17, 15) is 4.79 Å². The fourth-order valence-corrected chi connectivity index (χ4v) is 4.79. The number of pyridine rings is 1. The Hall–Kier alpha value is -2.12. The first kappa shape index (κ1) is 15.4. The van der Waals surface area contributed by atoms with Gasteiger partial charge >= 0.3 is 0 Å². The second-order valence-corrected chi connectivity index (χ2v) is 7.70. The van der Waals surface area contributed by atoms with Gasteiger partial charge in [0, 0.05) is 29.2 Å². The summed E-state index contributed by atoms with van der Waals surface area (Å²) in [5.41, 5.74) is 2.98. The summed E-state index contributed by atoms with van der Waals surface area (Å²) in [6, 6.07) is 5.97. The number of aromatic nitrogens is 2. The van der Waals surface area contributed by atoms with Crippen LogP contribution >= 0.6 is 23.1 Å². The molecule has 0 radical (unpaired) electrons. The lowest BCUT2D eigenvalue weighted by Gasteiger charge is -2.08. The summed E-state index contributed by atoms with van der Waals surface area (Å²) in [7, 11) is 0. The Kier molecular flexibility index (Phi) is 3.90. The number of amidine groups is 1. The van der Waals surface area contributed by atoms with Gasteiger partial charge in [0.25, 0.3) is 5.91 Å². The van der Waals surface area contributed by atoms with Crippen LogP contribution in [0.2, 0.25) is 0 Å². The van der Waals surface area contributed by atoms with Crippen LogP contribution in [0.1, 0.15) is 20.9 Å². The smallest absolute Gasteiger partial charge is 0.269 e. The zero-order valence-corrected chi connectivity index (χ0v) is 15.0. The summed E-state index contributed by atoms with van der Waals surface area (Å²) in [5, 5.41) is 4.68. The Morgan fingerprint density at radius 1 is 1.29 bits per heavy atom. The highest BCUT2D eigenvalue weighted by molar-refractivity contribution is 8.14. The SMILES string of the molecule is Cc1cc(C)c2c(-n3cccc3)c(C(=O)NC3=NCCS3)sc2n1. The lowest BCUT2D eigenvalue weighted by molar-refractivity contribution is 0.0982. The third-order valence-corrected chi connectivity index (χ3v) is 5.80. The minimum atomic E-state index is -0.119. The maximum Gasteiger partial charge on any atom is 0.269 e. The van der Waals surface area contributed by atoms with Crippen molar-refractivity contribution in [2.75, 3.05) is 12.3 Å². The molecule has 1 N–H and O–H groups in total. The topological polar surface area (TPSA) is 59.3 Å². The number of carbonyl (C=O) groups is 1. The van der Waals surface area contributed by atoms with Crippen LogP contribution in [0.4, 0.5) is 0 Å². The molecule has 4 rings (SSSR count). The first-order chi connectivity index (χ1) is 11.6. The van der Waals surface area contributed by atoms with Gasteiger partial charge in [-0.2, -0.15) is 0 Å². The number of hydrogen-bond donors (Lipinski definition) is 1. The average molecular weight is 356 g/mol. The summed E-state index contributed by atoms with van der Waals surface area (Å²) in [6.07, 6.45) is 3.92. The molecule has 0 saturated carbocycles. The Morgan fingerprint density at radius 2 is 2.08 bits per heavy atom. The number of nitrogens with one attached hydrogen (secondary N) is 1. The first-order valence-electron chi connectivity index (χ1n) is 7.66. The van der Waals surface area contributed by atoms with Gasteiger partial charge in [-0.25, -0.2) is 4.98 Å². The highest BCUT2D eigenvalue weighted by Gasteiger charge is 2.23. The van der Waals surface area contributed by atoms with E-state index >= 15 is 0 Å². The molecule has 0 aliphatic carbocycles. The standard InChI is InChI=1S/C17H16N4OS2/c1-10-9-11(2)19-16-12(10)13(21-6-3-4-7-21)14(24-16)15(22)20-17-18-5-8-23-17/h3-4,6-7,9H,5,8H2,1-2H3,(H,18,20,22). The van der Waals surface area contributed by atoms with E-state index in [-0.39, 0.29) is 5.91 Å². The molecule has 24 heavy (non-hydrogen) atoms. The fraction of sp³-hybridized carbons (Fsp3) is 0.235. The number of rotatable bonds is 2. The number of thiophene rings is 1. The van der Waals surface area contributed by atoms with Gasteiger partial charge in [-0.15, -0.1) is 11.3 Å². The highest BCUT2D eigenvalue weighted by Crippen LogP contribution is 2.36. The van der Waals surface area contributed by atoms with Gasteiger partial charge in [0.15, 0.2) is 5.17 Å². The van der Waals surface area contributed by atoms with Crippen LogP contribution in [-0.2, 0) is 0 Å². The van der Waals surface area contributed by atoms with Crippen LogP contribution in [0.25, 0.3) is 15.9 Å². The van der Waals surface area contributed by atoms with Crippen molar-refractivity contribution in [3.05, 3.63) is 46.7 Å². The number of aryl methyl sites for hydroxylation is 2. The maximum absolute atomic E-state index is 12.8. The predicted molar refractivity (Wildman–Crippen MR) is 101 cm³/mol. The molecule has 1 aliphatic heterocycles. The van der Waals surface area contributed by atoms with E-state index in [0.29, 0.717) is 10.0 Å². The van der Waals surface area contributed by atoms with Crippen LogP contribution in [0, 0.1) is 13.8 Å². The molecule has 0 spiro atoms. The molecule has 1 aliphatic rings. The number of aliphatic imine (C=N–C) groups is 1. The van der Waals surface area contributed by atoms with E-state index in [2.05, 4.69) is 28.3 Å². The van der Waals surface area contributed by atoms with Gasteiger partial charge in [0.1, 0.15) is 9.71 Å². The molecular weight excluding hydrogens is 340 g/mol. The molecule has 122 valence electrons. The summed E-state index contributed by atoms with van der Waals surface area (Å²) in [5.74, 6) is 0.804. The lowest BCUT2D eigenvalue weighted by Crippen LogP contribution is -2.27. The molecule has 4 heterocycles. The molecule has 0 bridgehead atoms. The van der Waals surface area contributed by atoms with Crippen molar-refractivity contribution < 1.29 is 4.79 Å². The Morgan fingerprint density at radius 3 is 2.79 bits per heavy atom. The van der Waals surface area contributed by atoms with E-state index in [1.54, 1.807) is 11.8 Å². The largest absolute Gasteiger partial charge is 0.322 e. The minimum absolute atomic E-state index is 0.119. The van der Waals surface area contributed by atoms with Crippen molar-refractivity contribution in [1.29, 1.82) is 0 Å². The lowest BCUT2D eigenvalue weighted by atomic mass is 10.1. The highest BCUT2D eigenvalue weighted by atomic mass is 32.2. The van der Waals surface area contributed by atoms with Crippen LogP contribution in [0.15, 0.2) is 35.6 Å². The van der Waals surface area contributed by atoms with Gasteiger partial charge in [0.2, 0.25) is 0 Å². The van der Waals surface area contributed by atoms with Crippen molar-refractivity contribution in [3.63, 3.8) is 0 Å². The summed E-state index contributed by atoms with van der Waals surface area (Å²) in [6.45, 7) is 4.80. The number of carbonyl (C=O) groups excluding carboxylic acids is 1. The van der Waals surface area contributed by atoms with Crippen LogP contribution in [-0.4, -0.2) is 32.9 Å². The van der Waals surface area contributed by atoms with Crippen molar-refractivity contribution in [3.8, 4) is 5.69 Å². The van der Waals surface area contributed by atoms with Crippen LogP contribution in [0.3, 0.4) is 0 Å². The second kappa shape index (κ2) is 6.07. The zero-order valence-electron chi connectivity index (χ0n) is 13.4. The van der Waals surface area contributed by atoms with E-state index < -0.39 is 0 Å². The Labute approximate surface area is 147 Å². The van der Waals surface area contributed by atoms with Gasteiger partial charge in [0.05, 0.1) is 12.2 Å². The molecule has 0 unspecified atom stereocenters. The molecule has 0 aromatic carbocycles. The summed E-state index contributed by atoms with van der Waals surface area (Å²) < 4.78 is 1.99. The number of nitrogens with zero attached hydrogens (tertiary/aromatic N) is 3. The van der Waals surface area contributed by atoms with Crippen molar-refractivity contribution in [1.82, 2.24) is 14.9 Å². The Bertz CT molecular complexity index is 957. The molecule has 5 nitrogen and oxygen atoms in total. The van der Waals surface area contributed by atoms with Gasteiger partial charge in [-0.1, -0.05) is 11.8 Å². The zero-order chi connectivity index (χ0) is 16.7. The van der Waals surface area contributed by atoms with E-state index in [1.165, 1.54) is 11.3 Å². The summed E-state index contributed by atoms with van der Waals surface area (Å²) in [4.78, 5) is 23.3. The number of thioether (sulfide) groups is 1. The third kappa shape index (κ3) is 2.63. The van der Waals surface area contributed by atoms with Crippen molar-refractivity contribution in [2.24, 2.45) is 4.99 Å². The normalized spacial score (nSPS) is 14.2. The number of fused-ring (bicyclic) bond motifs is 1. The fourth-order valence-electron chi connectivity index (χ4n) is 2.87. The van der Waals surface area contributed by atoms with Crippen LogP contribution in [0.5, 0.6) is 0 Å². The van der Waals surface area contributed by atoms with Crippen molar-refractivity contribution in [2.45, 2.75) is 13.8 Å². The molecule has 0 atom stereocenters. The Balaban J connectivity index is 1.89. The number of amides is 1. The molecule has 3 aromatic rings. The second-order valence-electron chi connectivity index (χ2n) is 5.62. The predicted octanol–water partition coefficient (Wildman–Crippen LogP) is 3.54. The molecule has 0 saturated heterocycles. The van der Waals surface area contributed by atoms with Gasteiger partial charge in [-0.05, 0) is 37.6 Å². The molecule has 7 heteroatoms.